The van der Waals surface area contributed by atoms with Crippen molar-refractivity contribution in [3.05, 3.63) is 28.6 Å². The highest BCUT2D eigenvalue weighted by molar-refractivity contribution is 8.18. The van der Waals surface area contributed by atoms with Crippen LogP contribution < -0.4 is 0 Å². The first-order valence-electron chi connectivity index (χ1n) is 7.73. The van der Waals surface area contributed by atoms with Crippen molar-refractivity contribution in [2.75, 3.05) is 26.2 Å². The van der Waals surface area contributed by atoms with Gasteiger partial charge in [0.05, 0.1) is 11.4 Å². The first-order valence-corrected chi connectivity index (χ1v) is 8.55. The van der Waals surface area contributed by atoms with E-state index in [9.17, 15) is 4.79 Å². The number of aromatic amines is 1. The van der Waals surface area contributed by atoms with Gasteiger partial charge in [-0.05, 0) is 37.6 Å². The van der Waals surface area contributed by atoms with E-state index in [4.69, 9.17) is 0 Å². The Labute approximate surface area is 133 Å². The van der Waals surface area contributed by atoms with Crippen LogP contribution in [0.25, 0.3) is 0 Å². The van der Waals surface area contributed by atoms with Crippen LogP contribution >= 0.6 is 11.8 Å². The van der Waals surface area contributed by atoms with Gasteiger partial charge in [0.15, 0.2) is 5.17 Å². The second-order valence-electron chi connectivity index (χ2n) is 5.93. The van der Waals surface area contributed by atoms with Gasteiger partial charge in [-0.3, -0.25) is 14.9 Å². The molecule has 1 atom stereocenters. The lowest BCUT2D eigenvalue weighted by Crippen LogP contribution is -2.39. The molecule has 7 heteroatoms. The smallest absolute Gasteiger partial charge is 0.262 e. The number of carbonyl (C=O) groups is 1. The van der Waals surface area contributed by atoms with Crippen molar-refractivity contribution in [3.8, 4) is 0 Å². The molecule has 116 valence electrons. The van der Waals surface area contributed by atoms with Gasteiger partial charge in [-0.25, -0.2) is 0 Å². The summed E-state index contributed by atoms with van der Waals surface area (Å²) in [4.78, 5) is 22.4. The van der Waals surface area contributed by atoms with Crippen molar-refractivity contribution in [1.82, 2.24) is 20.0 Å². The maximum atomic E-state index is 12.9. The van der Waals surface area contributed by atoms with E-state index in [0.29, 0.717) is 5.92 Å². The number of amidine groups is 1. The number of hydrogen-bond acceptors (Lipinski definition) is 5. The molecule has 22 heavy (non-hydrogen) atoms. The van der Waals surface area contributed by atoms with Gasteiger partial charge in [-0.2, -0.15) is 5.10 Å². The topological polar surface area (TPSA) is 64.6 Å². The number of H-pyrrole nitrogens is 1. The molecule has 1 aromatic heterocycles. The fraction of sp³-hybridized carbons (Fsp3) is 0.533. The number of allylic oxidation sites excluding steroid dienone is 1. The molecule has 1 aromatic rings. The van der Waals surface area contributed by atoms with Gasteiger partial charge >= 0.3 is 0 Å². The number of fused-ring (bicyclic) bond motifs is 1. The zero-order valence-corrected chi connectivity index (χ0v) is 13.4. The Bertz CT molecular complexity index is 651. The molecule has 0 aromatic carbocycles. The van der Waals surface area contributed by atoms with E-state index in [1.54, 1.807) is 6.20 Å². The minimum atomic E-state index is 0.156. The average Bonchev–Trinajstić information content (AvgIpc) is 3.26. The number of nitrogens with zero attached hydrogens (tertiary/aromatic N) is 4. The van der Waals surface area contributed by atoms with Crippen LogP contribution in [0, 0.1) is 0 Å². The summed E-state index contributed by atoms with van der Waals surface area (Å²) in [7, 11) is 0. The number of hydrogen-bond donors (Lipinski definition) is 1. The molecule has 0 spiro atoms. The second kappa shape index (κ2) is 5.46. The summed E-state index contributed by atoms with van der Waals surface area (Å²) in [6, 6.07) is 2.01. The van der Waals surface area contributed by atoms with E-state index in [1.165, 1.54) is 11.8 Å². The maximum Gasteiger partial charge on any atom is 0.262 e. The monoisotopic (exact) mass is 317 g/mol. The summed E-state index contributed by atoms with van der Waals surface area (Å²) in [6.07, 6.45) is 3.93. The minimum Gasteiger partial charge on any atom is -0.337 e. The Kier molecular flexibility index (Phi) is 3.44. The number of amides is 1. The quantitative estimate of drug-likeness (QED) is 0.903. The van der Waals surface area contributed by atoms with Gasteiger partial charge in [0.1, 0.15) is 0 Å². The lowest BCUT2D eigenvalue weighted by Gasteiger charge is -2.32. The van der Waals surface area contributed by atoms with E-state index >= 15 is 0 Å². The fourth-order valence-electron chi connectivity index (χ4n) is 3.36. The number of rotatable bonds is 2. The predicted molar refractivity (Wildman–Crippen MR) is 86.4 cm³/mol. The van der Waals surface area contributed by atoms with Crippen molar-refractivity contribution in [2.24, 2.45) is 4.99 Å². The zero-order valence-electron chi connectivity index (χ0n) is 12.6. The highest BCUT2D eigenvalue weighted by atomic mass is 32.2. The molecule has 0 radical (unpaired) electrons. The molecular weight excluding hydrogens is 298 g/mol. The minimum absolute atomic E-state index is 0.156. The van der Waals surface area contributed by atoms with Crippen molar-refractivity contribution in [3.63, 3.8) is 0 Å². The summed E-state index contributed by atoms with van der Waals surface area (Å²) in [5.41, 5.74) is 2.20. The van der Waals surface area contributed by atoms with Crippen LogP contribution in [0.2, 0.25) is 0 Å². The molecule has 3 aliphatic rings. The Morgan fingerprint density at radius 1 is 1.45 bits per heavy atom. The third-order valence-electron chi connectivity index (χ3n) is 4.59. The normalized spacial score (nSPS) is 24.8. The highest BCUT2D eigenvalue weighted by Crippen LogP contribution is 2.38. The number of likely N-dealkylation sites (tertiary alicyclic amines) is 1. The summed E-state index contributed by atoms with van der Waals surface area (Å²) in [5.74, 6) is 0.522. The Hall–Kier alpha value is -1.76. The molecule has 1 amide bonds. The van der Waals surface area contributed by atoms with Crippen LogP contribution in [0.3, 0.4) is 0 Å². The number of aliphatic imine (C=N–C) groups is 1. The van der Waals surface area contributed by atoms with E-state index in [0.717, 1.165) is 60.5 Å². The molecule has 6 nitrogen and oxygen atoms in total. The molecule has 4 heterocycles. The van der Waals surface area contributed by atoms with Gasteiger partial charge in [0.25, 0.3) is 5.91 Å². The van der Waals surface area contributed by atoms with Crippen molar-refractivity contribution >= 4 is 22.8 Å². The molecule has 4 rings (SSSR count). The van der Waals surface area contributed by atoms with Gasteiger partial charge < -0.3 is 9.80 Å². The van der Waals surface area contributed by atoms with Crippen LogP contribution in [0.5, 0.6) is 0 Å². The summed E-state index contributed by atoms with van der Waals surface area (Å²) in [5, 5.41) is 8.06. The third-order valence-corrected chi connectivity index (χ3v) is 5.80. The van der Waals surface area contributed by atoms with E-state index < -0.39 is 0 Å². The molecule has 0 saturated carbocycles. The molecule has 0 aliphatic carbocycles. The molecule has 1 saturated heterocycles. The molecular formula is C15H19N5OS. The van der Waals surface area contributed by atoms with E-state index in [1.807, 2.05) is 17.9 Å². The first kappa shape index (κ1) is 13.9. The average molecular weight is 317 g/mol. The molecule has 0 bridgehead atoms. The second-order valence-corrected chi connectivity index (χ2v) is 6.91. The van der Waals surface area contributed by atoms with Crippen LogP contribution in [0.1, 0.15) is 31.4 Å². The van der Waals surface area contributed by atoms with E-state index in [2.05, 4.69) is 20.1 Å². The van der Waals surface area contributed by atoms with Crippen molar-refractivity contribution in [1.29, 1.82) is 0 Å². The SMILES string of the molecule is CC1=C(C(=O)N2CCCC(c3ccn[nH]3)C2)SC2=NCCN21. The lowest BCUT2D eigenvalue weighted by molar-refractivity contribution is -0.127. The Morgan fingerprint density at radius 3 is 3.14 bits per heavy atom. The molecule has 1 fully saturated rings. The predicted octanol–water partition coefficient (Wildman–Crippen LogP) is 1.77. The summed E-state index contributed by atoms with van der Waals surface area (Å²) < 4.78 is 0. The number of aromatic nitrogens is 2. The Balaban J connectivity index is 1.51. The largest absolute Gasteiger partial charge is 0.337 e. The molecule has 1 N–H and O–H groups in total. The van der Waals surface area contributed by atoms with Gasteiger partial charge in [-0.1, -0.05) is 0 Å². The fourth-order valence-corrected chi connectivity index (χ4v) is 4.52. The van der Waals surface area contributed by atoms with Gasteiger partial charge in [0, 0.05) is 43.1 Å². The number of piperidine rings is 1. The van der Waals surface area contributed by atoms with Crippen molar-refractivity contribution in [2.45, 2.75) is 25.7 Å². The van der Waals surface area contributed by atoms with Crippen molar-refractivity contribution < 1.29 is 4.79 Å². The molecule has 3 aliphatic heterocycles. The third kappa shape index (κ3) is 2.24. The van der Waals surface area contributed by atoms with Crippen LogP contribution in [0.15, 0.2) is 27.9 Å². The maximum absolute atomic E-state index is 12.9. The van der Waals surface area contributed by atoms with Gasteiger partial charge in [-0.15, -0.1) is 0 Å². The van der Waals surface area contributed by atoms with Crippen LogP contribution in [-0.2, 0) is 4.79 Å². The zero-order chi connectivity index (χ0) is 15.1. The van der Waals surface area contributed by atoms with Crippen LogP contribution in [-0.4, -0.2) is 57.3 Å². The summed E-state index contributed by atoms with van der Waals surface area (Å²) in [6.45, 7) is 5.39. The number of carbonyl (C=O) groups excluding carboxylic acids is 1. The molecule has 1 unspecified atom stereocenters. The lowest BCUT2D eigenvalue weighted by atomic mass is 9.95. The van der Waals surface area contributed by atoms with Gasteiger partial charge in [0.2, 0.25) is 0 Å². The summed E-state index contributed by atoms with van der Waals surface area (Å²) >= 11 is 1.53. The van der Waals surface area contributed by atoms with E-state index in [-0.39, 0.29) is 5.91 Å². The first-order chi connectivity index (χ1) is 10.7. The number of nitrogens with one attached hydrogen (secondary N) is 1. The standard InChI is InChI=1S/C15H19N5OS/c1-10-13(22-15-16-6-8-20(10)15)14(21)19-7-2-3-11(9-19)12-4-5-17-18-12/h4-5,11H,2-3,6-9H2,1H3,(H,17,18). The Morgan fingerprint density at radius 2 is 2.36 bits per heavy atom. The number of thioether (sulfide) groups is 1. The van der Waals surface area contributed by atoms with Crippen LogP contribution in [0.4, 0.5) is 0 Å². The highest BCUT2D eigenvalue weighted by Gasteiger charge is 2.36.